The largest absolute Gasteiger partial charge is 0.312 e. The Labute approximate surface area is 151 Å². The van der Waals surface area contributed by atoms with Crippen LogP contribution in [0.3, 0.4) is 0 Å². The molecule has 4 rings (SSSR count). The maximum atomic E-state index is 13.5. The van der Waals surface area contributed by atoms with Gasteiger partial charge in [-0.25, -0.2) is 12.8 Å². The monoisotopic (exact) mass is 374 g/mol. The van der Waals surface area contributed by atoms with Crippen LogP contribution in [0.1, 0.15) is 24.0 Å². The lowest BCUT2D eigenvalue weighted by atomic mass is 10.1. The first-order valence-electron chi connectivity index (χ1n) is 8.58. The summed E-state index contributed by atoms with van der Waals surface area (Å²) in [5.74, 6) is -0.382. The predicted octanol–water partition coefficient (Wildman–Crippen LogP) is 3.23. The minimum atomic E-state index is -3.92. The molecule has 7 heteroatoms. The van der Waals surface area contributed by atoms with E-state index in [-0.39, 0.29) is 16.7 Å². The number of aryl methyl sites for hydroxylation is 1. The van der Waals surface area contributed by atoms with Gasteiger partial charge in [0.25, 0.3) is 10.0 Å². The van der Waals surface area contributed by atoms with Gasteiger partial charge >= 0.3 is 0 Å². The number of nitrogens with zero attached hydrogens (tertiary/aromatic N) is 1. The molecule has 1 N–H and O–H groups in total. The predicted molar refractivity (Wildman–Crippen MR) is 97.2 cm³/mol. The number of carbonyl (C=O) groups excluding carboxylic acids is 1. The molecule has 0 spiro atoms. The van der Waals surface area contributed by atoms with Gasteiger partial charge in [0.15, 0.2) is 0 Å². The van der Waals surface area contributed by atoms with Crippen LogP contribution in [-0.4, -0.2) is 20.9 Å². The van der Waals surface area contributed by atoms with Crippen molar-refractivity contribution in [3.63, 3.8) is 0 Å². The molecule has 26 heavy (non-hydrogen) atoms. The first-order valence-corrected chi connectivity index (χ1v) is 10.1. The van der Waals surface area contributed by atoms with Gasteiger partial charge in [0.05, 0.1) is 10.6 Å². The van der Waals surface area contributed by atoms with E-state index in [0.717, 1.165) is 36.6 Å². The molecule has 2 aromatic carbocycles. The van der Waals surface area contributed by atoms with Crippen molar-refractivity contribution in [3.8, 4) is 0 Å². The Morgan fingerprint density at radius 2 is 1.96 bits per heavy atom. The van der Waals surface area contributed by atoms with Crippen LogP contribution in [0.25, 0.3) is 0 Å². The van der Waals surface area contributed by atoms with E-state index in [2.05, 4.69) is 4.72 Å². The molecule has 2 aliphatic rings. The summed E-state index contributed by atoms with van der Waals surface area (Å²) < 4.78 is 41.3. The Kier molecular flexibility index (Phi) is 3.99. The number of sulfonamides is 1. The zero-order valence-corrected chi connectivity index (χ0v) is 15.1. The standard InChI is InChI=1S/C19H19FN2O3S/c1-12-2-6-15(20)10-18(12)26(24,25)21-16-7-5-13-8-9-22(17(13)11-16)19(23)14-3-4-14/h2,5-7,10-11,14,21H,3-4,8-9H2,1H3. The third kappa shape index (κ3) is 3.07. The Morgan fingerprint density at radius 1 is 1.19 bits per heavy atom. The normalized spacial score (nSPS) is 16.5. The van der Waals surface area contributed by atoms with Crippen molar-refractivity contribution in [2.24, 2.45) is 5.92 Å². The van der Waals surface area contributed by atoms with Crippen LogP contribution >= 0.6 is 0 Å². The number of amides is 1. The first-order chi connectivity index (χ1) is 12.3. The van der Waals surface area contributed by atoms with Gasteiger partial charge in [0.2, 0.25) is 5.91 Å². The average Bonchev–Trinajstić information content (AvgIpc) is 3.36. The molecule has 0 radical (unpaired) electrons. The second-order valence-corrected chi connectivity index (χ2v) is 8.52. The topological polar surface area (TPSA) is 66.5 Å². The maximum absolute atomic E-state index is 13.5. The van der Waals surface area contributed by atoms with E-state index in [9.17, 15) is 17.6 Å². The van der Waals surface area contributed by atoms with Gasteiger partial charge in [-0.05, 0) is 61.6 Å². The molecule has 1 amide bonds. The van der Waals surface area contributed by atoms with Crippen molar-refractivity contribution in [2.75, 3.05) is 16.2 Å². The minimum absolute atomic E-state index is 0.0936. The molecule has 1 aliphatic heterocycles. The third-order valence-corrected chi connectivity index (χ3v) is 6.39. The highest BCUT2D eigenvalue weighted by atomic mass is 32.2. The van der Waals surface area contributed by atoms with Crippen LogP contribution in [0.15, 0.2) is 41.3 Å². The molecule has 0 saturated heterocycles. The summed E-state index contributed by atoms with van der Waals surface area (Å²) in [6.45, 7) is 2.25. The second kappa shape index (κ2) is 6.09. The lowest BCUT2D eigenvalue weighted by molar-refractivity contribution is -0.119. The molecule has 0 unspecified atom stereocenters. The van der Waals surface area contributed by atoms with Gasteiger partial charge in [0, 0.05) is 18.2 Å². The molecule has 5 nitrogen and oxygen atoms in total. The zero-order valence-electron chi connectivity index (χ0n) is 14.3. The molecule has 0 aromatic heterocycles. The highest BCUT2D eigenvalue weighted by molar-refractivity contribution is 7.92. The molecular formula is C19H19FN2O3S. The Bertz CT molecular complexity index is 1000. The summed E-state index contributed by atoms with van der Waals surface area (Å²) in [6.07, 6.45) is 2.62. The van der Waals surface area contributed by atoms with Crippen LogP contribution < -0.4 is 9.62 Å². The van der Waals surface area contributed by atoms with Crippen LogP contribution in [0.2, 0.25) is 0 Å². The maximum Gasteiger partial charge on any atom is 0.262 e. The van der Waals surface area contributed by atoms with E-state index in [0.29, 0.717) is 17.8 Å². The Morgan fingerprint density at radius 3 is 2.69 bits per heavy atom. The van der Waals surface area contributed by atoms with Gasteiger partial charge < -0.3 is 4.90 Å². The number of halogens is 1. The molecule has 1 aliphatic carbocycles. The zero-order chi connectivity index (χ0) is 18.5. The van der Waals surface area contributed by atoms with E-state index in [1.165, 1.54) is 12.1 Å². The average molecular weight is 374 g/mol. The SMILES string of the molecule is Cc1ccc(F)cc1S(=O)(=O)Nc1ccc2c(c1)N(C(=O)C1CC1)CC2. The van der Waals surface area contributed by atoms with Gasteiger partial charge in [-0.1, -0.05) is 12.1 Å². The molecule has 1 fully saturated rings. The van der Waals surface area contributed by atoms with E-state index in [1.807, 2.05) is 6.07 Å². The smallest absolute Gasteiger partial charge is 0.262 e. The number of benzene rings is 2. The fraction of sp³-hybridized carbons (Fsp3) is 0.316. The Hall–Kier alpha value is -2.41. The van der Waals surface area contributed by atoms with Crippen molar-refractivity contribution < 1.29 is 17.6 Å². The number of anilines is 2. The molecule has 136 valence electrons. The lowest BCUT2D eigenvalue weighted by Crippen LogP contribution is -2.30. The van der Waals surface area contributed by atoms with Crippen molar-refractivity contribution in [2.45, 2.75) is 31.1 Å². The van der Waals surface area contributed by atoms with Crippen molar-refractivity contribution >= 4 is 27.3 Å². The third-order valence-electron chi connectivity index (χ3n) is 4.87. The number of fused-ring (bicyclic) bond motifs is 1. The van der Waals surface area contributed by atoms with E-state index in [1.54, 1.807) is 24.0 Å². The number of hydrogen-bond donors (Lipinski definition) is 1. The highest BCUT2D eigenvalue weighted by Gasteiger charge is 2.36. The van der Waals surface area contributed by atoms with Gasteiger partial charge in [-0.15, -0.1) is 0 Å². The van der Waals surface area contributed by atoms with Gasteiger partial charge in [-0.2, -0.15) is 0 Å². The van der Waals surface area contributed by atoms with Crippen molar-refractivity contribution in [1.29, 1.82) is 0 Å². The lowest BCUT2D eigenvalue weighted by Gasteiger charge is -2.18. The van der Waals surface area contributed by atoms with Crippen molar-refractivity contribution in [1.82, 2.24) is 0 Å². The van der Waals surface area contributed by atoms with Crippen LogP contribution in [0.4, 0.5) is 15.8 Å². The summed E-state index contributed by atoms with van der Waals surface area (Å²) in [7, 11) is -3.92. The van der Waals surface area contributed by atoms with E-state index < -0.39 is 15.8 Å². The highest BCUT2D eigenvalue weighted by Crippen LogP contribution is 2.37. The molecule has 0 atom stereocenters. The van der Waals surface area contributed by atoms with Gasteiger partial charge in [0.1, 0.15) is 5.82 Å². The summed E-state index contributed by atoms with van der Waals surface area (Å²) >= 11 is 0. The summed E-state index contributed by atoms with van der Waals surface area (Å²) in [4.78, 5) is 14.1. The van der Waals surface area contributed by atoms with E-state index in [4.69, 9.17) is 0 Å². The number of rotatable bonds is 4. The molecule has 2 aromatic rings. The molecule has 1 heterocycles. The molecule has 1 saturated carbocycles. The minimum Gasteiger partial charge on any atom is -0.312 e. The number of carbonyl (C=O) groups is 1. The molecular weight excluding hydrogens is 355 g/mol. The summed E-state index contributed by atoms with van der Waals surface area (Å²) in [6, 6.07) is 8.87. The fourth-order valence-corrected chi connectivity index (χ4v) is 4.60. The summed E-state index contributed by atoms with van der Waals surface area (Å²) in [5, 5.41) is 0. The van der Waals surface area contributed by atoms with Gasteiger partial charge in [-0.3, -0.25) is 9.52 Å². The summed E-state index contributed by atoms with van der Waals surface area (Å²) in [5.41, 5.74) is 2.62. The van der Waals surface area contributed by atoms with E-state index >= 15 is 0 Å². The number of nitrogens with one attached hydrogen (secondary N) is 1. The Balaban J connectivity index is 1.64. The quantitative estimate of drug-likeness (QED) is 0.893. The fourth-order valence-electron chi connectivity index (χ4n) is 3.30. The first kappa shape index (κ1) is 17.0. The second-order valence-electron chi connectivity index (χ2n) is 6.87. The van der Waals surface area contributed by atoms with Crippen LogP contribution in [0, 0.1) is 18.7 Å². The van der Waals surface area contributed by atoms with Crippen molar-refractivity contribution in [3.05, 3.63) is 53.3 Å². The number of hydrogen-bond acceptors (Lipinski definition) is 3. The molecule has 0 bridgehead atoms. The van der Waals surface area contributed by atoms with Crippen LogP contribution in [0.5, 0.6) is 0 Å². The van der Waals surface area contributed by atoms with Crippen LogP contribution in [-0.2, 0) is 21.2 Å².